The second-order valence-corrected chi connectivity index (χ2v) is 17.5. The summed E-state index contributed by atoms with van der Waals surface area (Å²) in [6.07, 6.45) is 11.7. The number of alkyl halides is 2. The van der Waals surface area contributed by atoms with Gasteiger partial charge in [0.2, 0.25) is 0 Å². The van der Waals surface area contributed by atoms with Crippen LogP contribution in [0.3, 0.4) is 0 Å². The first-order valence-corrected chi connectivity index (χ1v) is 22.5. The van der Waals surface area contributed by atoms with Crippen LogP contribution in [-0.4, -0.2) is 120 Å². The first-order chi connectivity index (χ1) is 30.7. The van der Waals surface area contributed by atoms with Crippen LogP contribution in [0.4, 0.5) is 22.0 Å². The second-order valence-electron chi connectivity index (χ2n) is 16.8. The Hall–Kier alpha value is -4.54. The average Bonchev–Trinajstić information content (AvgIpc) is 3.30. The molecule has 4 aliphatic heterocycles. The maximum atomic E-state index is 15.5. The molecule has 4 fully saturated rings. The monoisotopic (exact) mass is 918 g/mol. The molecule has 12 nitrogen and oxygen atoms in total. The second kappa shape index (κ2) is 24.1. The fraction of sp³-hybridized carbons (Fsp3) is 0.522. The van der Waals surface area contributed by atoms with Crippen molar-refractivity contribution in [3.63, 3.8) is 0 Å². The number of likely N-dealkylation sites (tertiary alicyclic amines) is 4. The Balaban J connectivity index is 0.000000241. The zero-order valence-electron chi connectivity index (χ0n) is 36.4. The van der Waals surface area contributed by atoms with Crippen LogP contribution in [-0.2, 0) is 32.3 Å². The molecule has 1 unspecified atom stereocenters. The highest BCUT2D eigenvalue weighted by Crippen LogP contribution is 2.33. The normalized spacial score (nSPS) is 20.7. The lowest BCUT2D eigenvalue weighted by atomic mass is 9.90. The molecular formula is C46H64F5N8O4P. The van der Waals surface area contributed by atoms with Gasteiger partial charge in [0.15, 0.2) is 11.3 Å². The Bertz CT molecular complexity index is 1950. The molecule has 0 aliphatic carbocycles. The molecule has 4 aliphatic rings. The summed E-state index contributed by atoms with van der Waals surface area (Å²) in [6.45, 7) is 4.65. The van der Waals surface area contributed by atoms with Crippen molar-refractivity contribution in [3.8, 4) is 0 Å². The molecule has 1 atom stereocenters. The Morgan fingerprint density at radius 2 is 1.06 bits per heavy atom. The summed E-state index contributed by atoms with van der Waals surface area (Å²) in [7, 11) is 2.46. The Labute approximate surface area is 375 Å². The standard InChI is InChI=1S/C23H31F3N4O2.C23H33F2N4O2P/c24-20-2-1-3-21(25)19(20)16-32-18-5-10-30(11-6-18)22(31)23(26)7-12-29(13-8-23)15-17(14-28)4-9-27;24-21-13-20(32)2-1-18(21)16-31-19-4-9-29(10-5-19)22(30)23(25)6-11-28(12-7-23)15-17(14-27)3-8-26/h1-4,9,14,18H,5-8,10-13,15-16,27-28H2;1-3,8,13-14,19H,4-7,9-12,15-16,26-27,32H2/b9-4-,17-14+;8-3-,17-14+. The molecule has 0 aromatic heterocycles. The summed E-state index contributed by atoms with van der Waals surface area (Å²) >= 11 is 0. The van der Waals surface area contributed by atoms with E-state index in [1.807, 2.05) is 11.0 Å². The maximum Gasteiger partial charge on any atom is 0.260 e. The zero-order valence-corrected chi connectivity index (χ0v) is 37.6. The number of hydrogen-bond acceptors (Lipinski definition) is 10. The predicted molar refractivity (Wildman–Crippen MR) is 241 cm³/mol. The van der Waals surface area contributed by atoms with E-state index < -0.39 is 34.8 Å². The molecule has 4 heterocycles. The van der Waals surface area contributed by atoms with E-state index in [4.69, 9.17) is 32.4 Å². The minimum absolute atomic E-state index is 0.0661. The topological polar surface area (TPSA) is 170 Å². The SMILES string of the molecule is N/C=C\C(=C/N)CN1CCC(F)(C(=O)N2CCC(OCc3c(F)cccc3F)CC2)CC1.N/C=C\C(=C/N)CN1CCC(F)(C(=O)N2CCC(OCc3ccc(P)cc3F)CC2)CC1. The van der Waals surface area contributed by atoms with Gasteiger partial charge in [0, 0.05) is 102 Å². The number of benzene rings is 2. The number of nitrogens with two attached hydrogens (primary N) is 4. The highest BCUT2D eigenvalue weighted by atomic mass is 31.0. The number of hydrogen-bond donors (Lipinski definition) is 4. The van der Waals surface area contributed by atoms with E-state index in [-0.39, 0.29) is 62.5 Å². The fourth-order valence-corrected chi connectivity index (χ4v) is 8.66. The Morgan fingerprint density at radius 1 is 0.641 bits per heavy atom. The number of rotatable bonds is 14. The number of amides is 2. The van der Waals surface area contributed by atoms with Crippen molar-refractivity contribution in [2.75, 3.05) is 65.4 Å². The molecule has 2 aromatic rings. The van der Waals surface area contributed by atoms with Crippen LogP contribution in [0.2, 0.25) is 0 Å². The molecule has 2 amide bonds. The van der Waals surface area contributed by atoms with Crippen molar-refractivity contribution < 1.29 is 41.0 Å². The lowest BCUT2D eigenvalue weighted by Crippen LogP contribution is -2.54. The number of ether oxygens (including phenoxy) is 2. The highest BCUT2D eigenvalue weighted by Gasteiger charge is 2.46. The molecule has 0 spiro atoms. The molecule has 8 N–H and O–H groups in total. The van der Waals surface area contributed by atoms with Gasteiger partial charge in [-0.2, -0.15) is 0 Å². The molecule has 4 saturated heterocycles. The molecule has 64 heavy (non-hydrogen) atoms. The van der Waals surface area contributed by atoms with Crippen molar-refractivity contribution >= 4 is 26.4 Å². The summed E-state index contributed by atoms with van der Waals surface area (Å²) in [6, 6.07) is 8.68. The molecule has 0 saturated carbocycles. The lowest BCUT2D eigenvalue weighted by molar-refractivity contribution is -0.150. The number of carbonyl (C=O) groups excluding carboxylic acids is 2. The number of halogens is 5. The van der Waals surface area contributed by atoms with Gasteiger partial charge < -0.3 is 42.2 Å². The Morgan fingerprint density at radius 3 is 1.45 bits per heavy atom. The summed E-state index contributed by atoms with van der Waals surface area (Å²) in [5.41, 5.74) is 20.4. The lowest BCUT2D eigenvalue weighted by Gasteiger charge is -2.40. The van der Waals surface area contributed by atoms with Crippen molar-refractivity contribution in [1.82, 2.24) is 19.6 Å². The molecule has 2 aromatic carbocycles. The van der Waals surface area contributed by atoms with E-state index in [9.17, 15) is 22.8 Å². The zero-order chi connectivity index (χ0) is 46.3. The third kappa shape index (κ3) is 14.0. The Kier molecular flexibility index (Phi) is 19.0. The van der Waals surface area contributed by atoms with Gasteiger partial charge in [0.25, 0.3) is 11.8 Å². The minimum Gasteiger partial charge on any atom is -0.405 e. The van der Waals surface area contributed by atoms with Crippen LogP contribution >= 0.6 is 9.24 Å². The van der Waals surface area contributed by atoms with Gasteiger partial charge in [0.05, 0.1) is 25.4 Å². The van der Waals surface area contributed by atoms with Crippen molar-refractivity contribution in [2.24, 2.45) is 22.9 Å². The van der Waals surface area contributed by atoms with Crippen LogP contribution in [0.5, 0.6) is 0 Å². The largest absolute Gasteiger partial charge is 0.405 e. The van der Waals surface area contributed by atoms with Gasteiger partial charge in [-0.25, -0.2) is 22.0 Å². The quantitative estimate of drug-likeness (QED) is 0.120. The third-order valence-electron chi connectivity index (χ3n) is 12.5. The average molecular weight is 919 g/mol. The number of carbonyl (C=O) groups is 2. The molecule has 18 heteroatoms. The van der Waals surface area contributed by atoms with Crippen LogP contribution in [0.15, 0.2) is 84.5 Å². The maximum absolute atomic E-state index is 15.5. The first-order valence-electron chi connectivity index (χ1n) is 21.9. The first kappa shape index (κ1) is 50.5. The number of nitrogens with zero attached hydrogens (tertiary/aromatic N) is 4. The fourth-order valence-electron chi connectivity index (χ4n) is 8.42. The van der Waals surface area contributed by atoms with Crippen LogP contribution in [0, 0.1) is 17.5 Å². The summed E-state index contributed by atoms with van der Waals surface area (Å²) in [5.74, 6) is -2.47. The van der Waals surface area contributed by atoms with Crippen LogP contribution in [0.1, 0.15) is 62.5 Å². The molecule has 6 rings (SSSR count). The van der Waals surface area contributed by atoms with Crippen LogP contribution < -0.4 is 28.2 Å². The summed E-state index contributed by atoms with van der Waals surface area (Å²) < 4.78 is 83.9. The minimum atomic E-state index is -1.88. The van der Waals surface area contributed by atoms with Crippen molar-refractivity contribution in [3.05, 3.63) is 113 Å². The van der Waals surface area contributed by atoms with Gasteiger partial charge in [-0.3, -0.25) is 19.4 Å². The van der Waals surface area contributed by atoms with Gasteiger partial charge in [-0.15, -0.1) is 9.24 Å². The predicted octanol–water partition coefficient (Wildman–Crippen LogP) is 4.54. The van der Waals surface area contributed by atoms with E-state index in [0.717, 1.165) is 16.5 Å². The molecular weight excluding hydrogens is 855 g/mol. The van der Waals surface area contributed by atoms with E-state index in [0.29, 0.717) is 96.7 Å². The summed E-state index contributed by atoms with van der Waals surface area (Å²) in [4.78, 5) is 33.1. The van der Waals surface area contributed by atoms with E-state index in [2.05, 4.69) is 14.1 Å². The molecule has 0 radical (unpaired) electrons. The number of piperidine rings is 4. The van der Waals surface area contributed by atoms with Gasteiger partial charge in [-0.1, -0.05) is 18.2 Å². The molecule has 352 valence electrons. The smallest absolute Gasteiger partial charge is 0.260 e. The van der Waals surface area contributed by atoms with Gasteiger partial charge in [0.1, 0.15) is 17.5 Å². The van der Waals surface area contributed by atoms with Gasteiger partial charge >= 0.3 is 0 Å². The van der Waals surface area contributed by atoms with Crippen molar-refractivity contribution in [1.29, 1.82) is 0 Å². The van der Waals surface area contributed by atoms with E-state index >= 15 is 8.78 Å². The third-order valence-corrected chi connectivity index (χ3v) is 12.8. The van der Waals surface area contributed by atoms with Crippen molar-refractivity contribution in [2.45, 2.75) is 88.1 Å². The van der Waals surface area contributed by atoms with E-state index in [1.165, 1.54) is 49.1 Å². The van der Waals surface area contributed by atoms with Gasteiger partial charge in [-0.05, 0) is 97.3 Å². The van der Waals surface area contributed by atoms with Crippen LogP contribution in [0.25, 0.3) is 0 Å². The summed E-state index contributed by atoms with van der Waals surface area (Å²) in [5, 5.41) is 0.785. The molecule has 0 bridgehead atoms. The van der Waals surface area contributed by atoms with E-state index in [1.54, 1.807) is 28.0 Å². The highest BCUT2D eigenvalue weighted by molar-refractivity contribution is 7.27.